The lowest BCUT2D eigenvalue weighted by Crippen LogP contribution is -2.31. The zero-order valence-corrected chi connectivity index (χ0v) is 13.2. The van der Waals surface area contributed by atoms with Gasteiger partial charge in [0.1, 0.15) is 11.0 Å². The minimum atomic E-state index is 0.181. The van der Waals surface area contributed by atoms with Gasteiger partial charge in [0.05, 0.1) is 14.2 Å². The monoisotopic (exact) mass is 320 g/mol. The van der Waals surface area contributed by atoms with Crippen molar-refractivity contribution in [2.75, 3.05) is 31.4 Å². The Morgan fingerprint density at radius 1 is 1.09 bits per heavy atom. The van der Waals surface area contributed by atoms with Crippen LogP contribution in [0, 0.1) is 0 Å². The van der Waals surface area contributed by atoms with E-state index in [0.717, 1.165) is 30.3 Å². The van der Waals surface area contributed by atoms with Gasteiger partial charge in [0.25, 0.3) is 0 Å². The summed E-state index contributed by atoms with van der Waals surface area (Å²) in [4.78, 5) is 10.3. The average molecular weight is 321 g/mol. The molecular weight excluding hydrogens is 304 g/mol. The third-order valence-electron chi connectivity index (χ3n) is 3.74. The predicted octanol–water partition coefficient (Wildman–Crippen LogP) is 2.29. The van der Waals surface area contributed by atoms with Crippen LogP contribution in [-0.4, -0.2) is 30.7 Å². The molecule has 7 heteroatoms. The first-order chi connectivity index (χ1) is 10.6. The van der Waals surface area contributed by atoms with Gasteiger partial charge < -0.3 is 20.1 Å². The Morgan fingerprint density at radius 3 is 2.41 bits per heavy atom. The highest BCUT2D eigenvalue weighted by Crippen LogP contribution is 2.34. The van der Waals surface area contributed by atoms with E-state index in [1.165, 1.54) is 11.1 Å². The molecule has 6 nitrogen and oxygen atoms in total. The van der Waals surface area contributed by atoms with Crippen LogP contribution in [0.2, 0.25) is 5.15 Å². The highest BCUT2D eigenvalue weighted by Gasteiger charge is 2.21. The molecule has 0 fully saturated rings. The summed E-state index contributed by atoms with van der Waals surface area (Å²) < 4.78 is 10.7. The summed E-state index contributed by atoms with van der Waals surface area (Å²) in [5.74, 6) is 2.39. The van der Waals surface area contributed by atoms with E-state index in [9.17, 15) is 0 Å². The van der Waals surface area contributed by atoms with Crippen LogP contribution >= 0.6 is 11.6 Å². The molecule has 1 aromatic carbocycles. The fourth-order valence-corrected chi connectivity index (χ4v) is 2.85. The molecule has 0 radical (unpaired) electrons. The number of nitrogen functional groups attached to an aromatic ring is 1. The van der Waals surface area contributed by atoms with Gasteiger partial charge in [-0.3, -0.25) is 0 Å². The van der Waals surface area contributed by atoms with Crippen molar-refractivity contribution in [1.82, 2.24) is 9.97 Å². The standard InChI is InChI=1S/C15H17ClN4O2/c1-21-11-5-9-3-4-20(8-10(9)6-12(11)22-2)14-7-13(16)18-15(17)19-14/h5-7H,3-4,8H2,1-2H3,(H2,17,18,19). The van der Waals surface area contributed by atoms with Gasteiger partial charge in [0.15, 0.2) is 11.5 Å². The maximum Gasteiger partial charge on any atom is 0.223 e. The second-order valence-corrected chi connectivity index (χ2v) is 5.44. The predicted molar refractivity (Wildman–Crippen MR) is 85.8 cm³/mol. The van der Waals surface area contributed by atoms with Gasteiger partial charge in [-0.25, -0.2) is 4.98 Å². The summed E-state index contributed by atoms with van der Waals surface area (Å²) in [6.45, 7) is 1.54. The molecule has 0 atom stereocenters. The molecule has 2 N–H and O–H groups in total. The first-order valence-electron chi connectivity index (χ1n) is 6.89. The molecule has 116 valence electrons. The smallest absolute Gasteiger partial charge is 0.223 e. The third-order valence-corrected chi connectivity index (χ3v) is 3.93. The maximum absolute atomic E-state index is 5.96. The van der Waals surface area contributed by atoms with Crippen molar-refractivity contribution < 1.29 is 9.47 Å². The van der Waals surface area contributed by atoms with Crippen LogP contribution in [0.1, 0.15) is 11.1 Å². The number of fused-ring (bicyclic) bond motifs is 1. The molecule has 3 rings (SSSR count). The molecule has 22 heavy (non-hydrogen) atoms. The van der Waals surface area contributed by atoms with Crippen molar-refractivity contribution in [2.24, 2.45) is 0 Å². The van der Waals surface area contributed by atoms with Gasteiger partial charge in [-0.1, -0.05) is 11.6 Å². The number of rotatable bonds is 3. The molecule has 1 aliphatic rings. The highest BCUT2D eigenvalue weighted by molar-refractivity contribution is 6.29. The number of methoxy groups -OCH3 is 2. The highest BCUT2D eigenvalue weighted by atomic mass is 35.5. The maximum atomic E-state index is 5.96. The Bertz CT molecular complexity index is 688. The molecule has 0 aliphatic carbocycles. The Hall–Kier alpha value is -2.21. The van der Waals surface area contributed by atoms with Gasteiger partial charge in [-0.15, -0.1) is 0 Å². The van der Waals surface area contributed by atoms with E-state index in [0.29, 0.717) is 11.7 Å². The summed E-state index contributed by atoms with van der Waals surface area (Å²) in [7, 11) is 3.28. The molecule has 0 unspecified atom stereocenters. The molecular formula is C15H17ClN4O2. The largest absolute Gasteiger partial charge is 0.493 e. The van der Waals surface area contributed by atoms with E-state index in [4.69, 9.17) is 26.8 Å². The Balaban J connectivity index is 1.93. The molecule has 0 spiro atoms. The Morgan fingerprint density at radius 2 is 1.77 bits per heavy atom. The summed E-state index contributed by atoms with van der Waals surface area (Å²) in [5, 5.41) is 0.348. The quantitative estimate of drug-likeness (QED) is 0.875. The van der Waals surface area contributed by atoms with Gasteiger partial charge in [0, 0.05) is 19.2 Å². The fraction of sp³-hybridized carbons (Fsp3) is 0.333. The van der Waals surface area contributed by atoms with Crippen LogP contribution in [0.3, 0.4) is 0 Å². The van der Waals surface area contributed by atoms with Crippen LogP contribution in [0.25, 0.3) is 0 Å². The summed E-state index contributed by atoms with van der Waals surface area (Å²) in [5.41, 5.74) is 8.10. The lowest BCUT2D eigenvalue weighted by Gasteiger charge is -2.30. The number of nitrogens with two attached hydrogens (primary N) is 1. The van der Waals surface area contributed by atoms with Crippen molar-refractivity contribution in [1.29, 1.82) is 0 Å². The van der Waals surface area contributed by atoms with E-state index in [1.807, 2.05) is 12.1 Å². The lowest BCUT2D eigenvalue weighted by atomic mass is 9.99. The Labute approximate surface area is 133 Å². The van der Waals surface area contributed by atoms with E-state index in [2.05, 4.69) is 14.9 Å². The minimum Gasteiger partial charge on any atom is -0.493 e. The van der Waals surface area contributed by atoms with Gasteiger partial charge in [-0.2, -0.15) is 4.98 Å². The van der Waals surface area contributed by atoms with E-state index in [1.54, 1.807) is 20.3 Å². The number of nitrogens with zero attached hydrogens (tertiary/aromatic N) is 3. The number of benzene rings is 1. The molecule has 1 aliphatic heterocycles. The Kier molecular flexibility index (Phi) is 3.94. The van der Waals surface area contributed by atoms with E-state index < -0.39 is 0 Å². The minimum absolute atomic E-state index is 0.181. The number of anilines is 2. The van der Waals surface area contributed by atoms with Crippen LogP contribution in [0.15, 0.2) is 18.2 Å². The van der Waals surface area contributed by atoms with Crippen LogP contribution in [0.4, 0.5) is 11.8 Å². The zero-order chi connectivity index (χ0) is 15.7. The number of hydrogen-bond donors (Lipinski definition) is 1. The van der Waals surface area contributed by atoms with E-state index in [-0.39, 0.29) is 5.95 Å². The number of halogens is 1. The molecule has 0 saturated carbocycles. The van der Waals surface area contributed by atoms with Crippen LogP contribution < -0.4 is 20.1 Å². The van der Waals surface area contributed by atoms with Crippen molar-refractivity contribution in [3.8, 4) is 11.5 Å². The zero-order valence-electron chi connectivity index (χ0n) is 12.5. The van der Waals surface area contributed by atoms with Crippen LogP contribution in [-0.2, 0) is 13.0 Å². The summed E-state index contributed by atoms with van der Waals surface area (Å²) in [6, 6.07) is 5.77. The first-order valence-corrected chi connectivity index (χ1v) is 7.27. The molecule has 2 heterocycles. The molecule has 1 aromatic heterocycles. The van der Waals surface area contributed by atoms with Gasteiger partial charge in [-0.05, 0) is 29.7 Å². The molecule has 0 amide bonds. The van der Waals surface area contributed by atoms with E-state index >= 15 is 0 Å². The summed E-state index contributed by atoms with van der Waals surface area (Å²) >= 11 is 5.96. The molecule has 2 aromatic rings. The van der Waals surface area contributed by atoms with Crippen LogP contribution in [0.5, 0.6) is 11.5 Å². The van der Waals surface area contributed by atoms with Gasteiger partial charge >= 0.3 is 0 Å². The lowest BCUT2D eigenvalue weighted by molar-refractivity contribution is 0.353. The topological polar surface area (TPSA) is 73.5 Å². The molecule has 0 bridgehead atoms. The number of aromatic nitrogens is 2. The van der Waals surface area contributed by atoms with Gasteiger partial charge in [0.2, 0.25) is 5.95 Å². The molecule has 0 saturated heterocycles. The van der Waals surface area contributed by atoms with Crippen molar-refractivity contribution in [3.05, 3.63) is 34.5 Å². The second kappa shape index (κ2) is 5.88. The summed E-state index contributed by atoms with van der Waals surface area (Å²) in [6.07, 6.45) is 0.886. The first kappa shape index (κ1) is 14.7. The van der Waals surface area contributed by atoms with Crippen molar-refractivity contribution in [3.63, 3.8) is 0 Å². The normalized spacial score (nSPS) is 13.7. The van der Waals surface area contributed by atoms with Crippen molar-refractivity contribution >= 4 is 23.4 Å². The van der Waals surface area contributed by atoms with Crippen molar-refractivity contribution in [2.45, 2.75) is 13.0 Å². The number of ether oxygens (including phenoxy) is 2. The number of hydrogen-bond acceptors (Lipinski definition) is 6. The fourth-order valence-electron chi connectivity index (χ4n) is 2.66. The SMILES string of the molecule is COc1cc2c(cc1OC)CN(c1cc(Cl)nc(N)n1)CC2. The third kappa shape index (κ3) is 2.74. The average Bonchev–Trinajstić information content (AvgIpc) is 2.52. The second-order valence-electron chi connectivity index (χ2n) is 5.05.